The molecule has 0 N–H and O–H groups in total. The lowest BCUT2D eigenvalue weighted by atomic mass is 10.1. The van der Waals surface area contributed by atoms with Gasteiger partial charge in [-0.25, -0.2) is 4.79 Å². The number of esters is 1. The molecule has 0 aliphatic carbocycles. The van der Waals surface area contributed by atoms with Crippen molar-refractivity contribution in [1.82, 2.24) is 4.98 Å². The zero-order valence-corrected chi connectivity index (χ0v) is 13.4. The molecule has 0 spiro atoms. The molecule has 0 saturated heterocycles. The molecule has 0 atom stereocenters. The van der Waals surface area contributed by atoms with E-state index >= 15 is 0 Å². The number of fused-ring (bicyclic) bond motifs is 2. The molecule has 4 aromatic rings. The quantitative estimate of drug-likeness (QED) is 0.413. The molecule has 0 bridgehead atoms. The summed E-state index contributed by atoms with van der Waals surface area (Å²) in [6.07, 6.45) is 0. The van der Waals surface area contributed by atoms with Gasteiger partial charge in [0.05, 0.1) is 18.1 Å². The summed E-state index contributed by atoms with van der Waals surface area (Å²) in [6, 6.07) is 17.9. The van der Waals surface area contributed by atoms with Gasteiger partial charge in [0.1, 0.15) is 5.58 Å². The molecule has 0 aliphatic rings. The van der Waals surface area contributed by atoms with Crippen LogP contribution in [0.2, 0.25) is 0 Å². The Hall–Kier alpha value is -3.47. The van der Waals surface area contributed by atoms with Gasteiger partial charge in [0, 0.05) is 5.56 Å². The molecular formula is C20H13NO4. The third-order valence-electron chi connectivity index (χ3n) is 4.04. The standard InChI is InChI=1S/C20H13NO4/c1-24-20(23)13-8-6-12(7-9-13)19-21-18(22)16-10-14-4-2-3-5-15(14)11-17(16)25-19/h2-11H,1H3. The van der Waals surface area contributed by atoms with Gasteiger partial charge < -0.3 is 9.15 Å². The smallest absolute Gasteiger partial charge is 0.337 e. The average Bonchev–Trinajstić information content (AvgIpc) is 2.66. The highest BCUT2D eigenvalue weighted by Crippen LogP contribution is 2.24. The number of benzene rings is 3. The normalized spacial score (nSPS) is 10.9. The van der Waals surface area contributed by atoms with Crippen LogP contribution < -0.4 is 5.56 Å². The molecule has 0 aliphatic heterocycles. The van der Waals surface area contributed by atoms with E-state index in [1.807, 2.05) is 30.3 Å². The lowest BCUT2D eigenvalue weighted by molar-refractivity contribution is 0.0600. The fourth-order valence-electron chi connectivity index (χ4n) is 2.74. The van der Waals surface area contributed by atoms with Gasteiger partial charge in [-0.1, -0.05) is 24.3 Å². The van der Waals surface area contributed by atoms with Crippen LogP contribution in [0.3, 0.4) is 0 Å². The topological polar surface area (TPSA) is 69.4 Å². The number of hydrogen-bond donors (Lipinski definition) is 0. The predicted octanol–water partition coefficient (Wildman–Crippen LogP) is 3.79. The number of carbonyl (C=O) groups is 1. The van der Waals surface area contributed by atoms with Crippen LogP contribution in [0.25, 0.3) is 33.2 Å². The van der Waals surface area contributed by atoms with E-state index in [9.17, 15) is 9.59 Å². The fraction of sp³-hybridized carbons (Fsp3) is 0.0500. The molecule has 5 heteroatoms. The third kappa shape index (κ3) is 2.65. The first kappa shape index (κ1) is 15.1. The van der Waals surface area contributed by atoms with Gasteiger partial charge in [-0.15, -0.1) is 0 Å². The Morgan fingerprint density at radius 3 is 2.36 bits per heavy atom. The molecule has 0 fully saturated rings. The minimum Gasteiger partial charge on any atom is -0.465 e. The summed E-state index contributed by atoms with van der Waals surface area (Å²) in [4.78, 5) is 27.9. The van der Waals surface area contributed by atoms with Gasteiger partial charge >= 0.3 is 5.97 Å². The molecule has 0 saturated carbocycles. The molecule has 25 heavy (non-hydrogen) atoms. The first-order valence-corrected chi connectivity index (χ1v) is 7.68. The van der Waals surface area contributed by atoms with Crippen molar-refractivity contribution in [2.24, 2.45) is 0 Å². The molecule has 5 nitrogen and oxygen atoms in total. The van der Waals surface area contributed by atoms with Crippen LogP contribution in [0.15, 0.2) is 69.9 Å². The highest BCUT2D eigenvalue weighted by Gasteiger charge is 2.11. The Labute approximate surface area is 142 Å². The van der Waals surface area contributed by atoms with E-state index in [4.69, 9.17) is 4.42 Å². The van der Waals surface area contributed by atoms with Gasteiger partial charge in [0.2, 0.25) is 5.89 Å². The summed E-state index contributed by atoms with van der Waals surface area (Å²) >= 11 is 0. The zero-order valence-electron chi connectivity index (χ0n) is 13.4. The van der Waals surface area contributed by atoms with E-state index in [0.29, 0.717) is 22.1 Å². The molecule has 122 valence electrons. The summed E-state index contributed by atoms with van der Waals surface area (Å²) in [5.74, 6) is -0.213. The summed E-state index contributed by atoms with van der Waals surface area (Å²) in [5, 5.41) is 2.38. The number of aromatic nitrogens is 1. The zero-order chi connectivity index (χ0) is 17.4. The highest BCUT2D eigenvalue weighted by atomic mass is 16.5. The average molecular weight is 331 g/mol. The molecule has 0 unspecified atom stereocenters. The van der Waals surface area contributed by atoms with Crippen LogP contribution in [-0.4, -0.2) is 18.1 Å². The van der Waals surface area contributed by atoms with Crippen molar-refractivity contribution in [3.05, 3.63) is 76.6 Å². The Morgan fingerprint density at radius 2 is 1.68 bits per heavy atom. The summed E-state index contributed by atoms with van der Waals surface area (Å²) in [7, 11) is 1.32. The van der Waals surface area contributed by atoms with Crippen molar-refractivity contribution in [3.8, 4) is 11.5 Å². The minimum atomic E-state index is -0.425. The largest absolute Gasteiger partial charge is 0.465 e. The molecule has 0 radical (unpaired) electrons. The maximum Gasteiger partial charge on any atom is 0.337 e. The van der Waals surface area contributed by atoms with Crippen LogP contribution in [0.4, 0.5) is 0 Å². The van der Waals surface area contributed by atoms with Crippen molar-refractivity contribution in [2.45, 2.75) is 0 Å². The molecule has 1 heterocycles. The van der Waals surface area contributed by atoms with E-state index in [1.54, 1.807) is 30.3 Å². The van der Waals surface area contributed by atoms with Crippen LogP contribution >= 0.6 is 0 Å². The predicted molar refractivity (Wildman–Crippen MR) is 94.6 cm³/mol. The second kappa shape index (κ2) is 5.87. The number of methoxy groups -OCH3 is 1. The Balaban J connectivity index is 1.86. The summed E-state index contributed by atoms with van der Waals surface area (Å²) in [5.41, 5.74) is 1.16. The molecule has 3 aromatic carbocycles. The number of rotatable bonds is 2. The van der Waals surface area contributed by atoms with Crippen LogP contribution in [-0.2, 0) is 4.74 Å². The van der Waals surface area contributed by atoms with Crippen molar-refractivity contribution in [3.63, 3.8) is 0 Å². The van der Waals surface area contributed by atoms with Crippen molar-refractivity contribution < 1.29 is 13.9 Å². The highest BCUT2D eigenvalue weighted by molar-refractivity contribution is 5.95. The number of ether oxygens (including phenoxy) is 1. The van der Waals surface area contributed by atoms with Crippen molar-refractivity contribution in [2.75, 3.05) is 7.11 Å². The molecule has 1 aromatic heterocycles. The van der Waals surface area contributed by atoms with Crippen molar-refractivity contribution >= 4 is 27.7 Å². The number of nitrogens with zero attached hydrogens (tertiary/aromatic N) is 1. The third-order valence-corrected chi connectivity index (χ3v) is 4.04. The summed E-state index contributed by atoms with van der Waals surface area (Å²) in [6.45, 7) is 0. The number of hydrogen-bond acceptors (Lipinski definition) is 5. The van der Waals surface area contributed by atoms with E-state index in [1.165, 1.54) is 7.11 Å². The van der Waals surface area contributed by atoms with Gasteiger partial charge in [-0.3, -0.25) is 4.79 Å². The van der Waals surface area contributed by atoms with Crippen LogP contribution in [0, 0.1) is 0 Å². The number of carbonyl (C=O) groups excluding carboxylic acids is 1. The lowest BCUT2D eigenvalue weighted by Gasteiger charge is -2.05. The van der Waals surface area contributed by atoms with Gasteiger partial charge in [0.25, 0.3) is 5.56 Å². The second-order valence-corrected chi connectivity index (χ2v) is 5.59. The fourth-order valence-corrected chi connectivity index (χ4v) is 2.74. The van der Waals surface area contributed by atoms with Gasteiger partial charge in [0.15, 0.2) is 0 Å². The van der Waals surface area contributed by atoms with E-state index in [-0.39, 0.29) is 11.4 Å². The van der Waals surface area contributed by atoms with Gasteiger partial charge in [-0.2, -0.15) is 4.98 Å². The van der Waals surface area contributed by atoms with E-state index in [0.717, 1.165) is 10.8 Å². The Morgan fingerprint density at radius 1 is 1.00 bits per heavy atom. The van der Waals surface area contributed by atoms with E-state index < -0.39 is 5.97 Å². The first-order chi connectivity index (χ1) is 12.2. The maximum atomic E-state index is 12.4. The molecular weight excluding hydrogens is 318 g/mol. The van der Waals surface area contributed by atoms with Gasteiger partial charge in [-0.05, 0) is 47.2 Å². The monoisotopic (exact) mass is 331 g/mol. The minimum absolute atomic E-state index is 0.212. The maximum absolute atomic E-state index is 12.4. The Bertz CT molecular complexity index is 1160. The lowest BCUT2D eigenvalue weighted by Crippen LogP contribution is -2.07. The summed E-state index contributed by atoms with van der Waals surface area (Å²) < 4.78 is 10.5. The van der Waals surface area contributed by atoms with E-state index in [2.05, 4.69) is 9.72 Å². The molecule has 4 rings (SSSR count). The Kier molecular flexibility index (Phi) is 3.54. The first-order valence-electron chi connectivity index (χ1n) is 7.68. The second-order valence-electron chi connectivity index (χ2n) is 5.59. The molecule has 0 amide bonds. The SMILES string of the molecule is COC(=O)c1ccc(-c2nc(=O)c3cc4ccccc4cc3o2)cc1. The van der Waals surface area contributed by atoms with Crippen molar-refractivity contribution in [1.29, 1.82) is 0 Å². The van der Waals surface area contributed by atoms with Crippen LogP contribution in [0.1, 0.15) is 10.4 Å². The van der Waals surface area contributed by atoms with Crippen LogP contribution in [0.5, 0.6) is 0 Å².